The fraction of sp³-hybridized carbons (Fsp3) is 0.0909. The smallest absolute Gasteiger partial charge is 0.341 e. The Balaban J connectivity index is 2.03. The highest BCUT2D eigenvalue weighted by atomic mass is 79.9. The molecule has 0 aliphatic rings. The monoisotopic (exact) mass is 452 g/mol. The van der Waals surface area contributed by atoms with Crippen LogP contribution in [-0.2, 0) is 11.3 Å². The summed E-state index contributed by atoms with van der Waals surface area (Å²) in [7, 11) is 0. The van der Waals surface area contributed by atoms with Crippen LogP contribution < -0.4 is 10.5 Å². The van der Waals surface area contributed by atoms with Crippen molar-refractivity contribution in [3.63, 3.8) is 0 Å². The maximum absolute atomic E-state index is 12.1. The minimum Gasteiger partial charge on any atom is -0.481 e. The topological polar surface area (TPSA) is 94.6 Å². The van der Waals surface area contributed by atoms with E-state index in [4.69, 9.17) is 15.6 Å². The van der Waals surface area contributed by atoms with E-state index in [0.717, 1.165) is 21.1 Å². The molecule has 3 aromatic carbocycles. The second kappa shape index (κ2) is 7.60. The van der Waals surface area contributed by atoms with Crippen LogP contribution in [0.15, 0.2) is 65.1 Å². The lowest BCUT2D eigenvalue weighted by atomic mass is 10.1. The van der Waals surface area contributed by atoms with Gasteiger partial charge in [-0.05, 0) is 35.9 Å². The molecule has 7 heteroatoms. The second-order valence-corrected chi connectivity index (χ2v) is 7.43. The van der Waals surface area contributed by atoms with E-state index in [1.54, 1.807) is 24.3 Å². The molecule has 0 aliphatic heterocycles. The summed E-state index contributed by atoms with van der Waals surface area (Å²) in [6, 6.07) is 18.7. The van der Waals surface area contributed by atoms with Gasteiger partial charge in [0, 0.05) is 22.0 Å². The van der Waals surface area contributed by atoms with Gasteiger partial charge in [0.05, 0.1) is 16.4 Å². The summed E-state index contributed by atoms with van der Waals surface area (Å²) in [6.07, 6.45) is 0. The highest BCUT2D eigenvalue weighted by Crippen LogP contribution is 2.38. The van der Waals surface area contributed by atoms with Crippen LogP contribution in [0.4, 0.5) is 0 Å². The zero-order valence-electron chi connectivity index (χ0n) is 15.3. The molecule has 3 N–H and O–H groups in total. The Bertz CT molecular complexity index is 1260. The standard InChI is InChI=1S/C22H17BrN2O4/c23-15-7-2-1-5-13(15)11-25-16-8-3-6-14(22(24)28)20(16)21-17(25)9-4-10-18(21)29-12-19(26)27/h1-10H,11-12H2,(H2,24,28)(H,26,27). The van der Waals surface area contributed by atoms with E-state index < -0.39 is 18.5 Å². The van der Waals surface area contributed by atoms with Gasteiger partial charge < -0.3 is 20.1 Å². The number of hydrogen-bond donors (Lipinski definition) is 2. The van der Waals surface area contributed by atoms with E-state index >= 15 is 0 Å². The summed E-state index contributed by atoms with van der Waals surface area (Å²) in [4.78, 5) is 23.2. The molecule has 4 rings (SSSR count). The number of nitrogens with two attached hydrogens (primary N) is 1. The molecule has 1 heterocycles. The molecule has 146 valence electrons. The normalized spacial score (nSPS) is 11.1. The summed E-state index contributed by atoms with van der Waals surface area (Å²) in [5, 5.41) is 10.4. The number of nitrogens with zero attached hydrogens (tertiary/aromatic N) is 1. The quantitative estimate of drug-likeness (QED) is 0.458. The third-order valence-corrected chi connectivity index (χ3v) is 5.55. The number of carbonyl (C=O) groups is 2. The first-order chi connectivity index (χ1) is 14.0. The number of rotatable bonds is 6. The maximum Gasteiger partial charge on any atom is 0.341 e. The van der Waals surface area contributed by atoms with Gasteiger partial charge in [-0.2, -0.15) is 0 Å². The van der Waals surface area contributed by atoms with Gasteiger partial charge in [0.25, 0.3) is 0 Å². The number of carbonyl (C=O) groups excluding carboxylic acids is 1. The number of aromatic nitrogens is 1. The molecule has 1 amide bonds. The molecule has 6 nitrogen and oxygen atoms in total. The fourth-order valence-electron chi connectivity index (χ4n) is 3.59. The van der Waals surface area contributed by atoms with Gasteiger partial charge in [-0.3, -0.25) is 4.79 Å². The third kappa shape index (κ3) is 3.45. The molecule has 0 bridgehead atoms. The average molecular weight is 453 g/mol. The summed E-state index contributed by atoms with van der Waals surface area (Å²) in [5.41, 5.74) is 8.71. The van der Waals surface area contributed by atoms with Gasteiger partial charge in [-0.15, -0.1) is 0 Å². The number of primary amides is 1. The van der Waals surface area contributed by atoms with Gasteiger partial charge in [0.1, 0.15) is 5.75 Å². The molecule has 4 aromatic rings. The van der Waals surface area contributed by atoms with Gasteiger partial charge in [0.2, 0.25) is 5.91 Å². The molecule has 1 aromatic heterocycles. The third-order valence-electron chi connectivity index (χ3n) is 4.78. The Kier molecular flexibility index (Phi) is 4.98. The average Bonchev–Trinajstić information content (AvgIpc) is 3.02. The van der Waals surface area contributed by atoms with Crippen molar-refractivity contribution in [3.8, 4) is 5.75 Å². The van der Waals surface area contributed by atoms with Crippen molar-refractivity contribution in [2.75, 3.05) is 6.61 Å². The predicted octanol–water partition coefficient (Wildman–Crippen LogP) is 4.17. The van der Waals surface area contributed by atoms with Crippen molar-refractivity contribution in [1.82, 2.24) is 4.57 Å². The van der Waals surface area contributed by atoms with E-state index in [1.165, 1.54) is 0 Å². The molecule has 0 radical (unpaired) electrons. The zero-order valence-corrected chi connectivity index (χ0v) is 16.8. The Hall–Kier alpha value is -3.32. The number of carboxylic acid groups (broad SMARTS) is 1. The van der Waals surface area contributed by atoms with E-state index in [0.29, 0.717) is 28.6 Å². The van der Waals surface area contributed by atoms with Gasteiger partial charge >= 0.3 is 5.97 Å². The Morgan fingerprint density at radius 3 is 2.34 bits per heavy atom. The molecular formula is C22H17BrN2O4. The minimum atomic E-state index is -1.07. The fourth-order valence-corrected chi connectivity index (χ4v) is 4.00. The lowest BCUT2D eigenvalue weighted by molar-refractivity contribution is -0.139. The zero-order chi connectivity index (χ0) is 20.5. The molecule has 29 heavy (non-hydrogen) atoms. The molecule has 0 aliphatic carbocycles. The molecule has 0 unspecified atom stereocenters. The number of ether oxygens (including phenoxy) is 1. The van der Waals surface area contributed by atoms with Crippen LogP contribution in [0, 0.1) is 0 Å². The van der Waals surface area contributed by atoms with E-state index in [-0.39, 0.29) is 0 Å². The van der Waals surface area contributed by atoms with Crippen LogP contribution in [-0.4, -0.2) is 28.2 Å². The second-order valence-electron chi connectivity index (χ2n) is 6.57. The Labute approximate surface area is 174 Å². The van der Waals surface area contributed by atoms with Gasteiger partial charge in [-0.1, -0.05) is 46.3 Å². The van der Waals surface area contributed by atoms with Crippen molar-refractivity contribution in [3.05, 3.63) is 76.3 Å². The predicted molar refractivity (Wildman–Crippen MR) is 114 cm³/mol. The Morgan fingerprint density at radius 1 is 0.966 bits per heavy atom. The van der Waals surface area contributed by atoms with Crippen LogP contribution in [0.1, 0.15) is 15.9 Å². The van der Waals surface area contributed by atoms with Gasteiger partial charge in [-0.25, -0.2) is 4.79 Å². The van der Waals surface area contributed by atoms with Crippen molar-refractivity contribution < 1.29 is 19.4 Å². The van der Waals surface area contributed by atoms with Crippen molar-refractivity contribution in [1.29, 1.82) is 0 Å². The van der Waals surface area contributed by atoms with Crippen LogP contribution >= 0.6 is 15.9 Å². The summed E-state index contributed by atoms with van der Waals surface area (Å²) < 4.78 is 8.58. The van der Waals surface area contributed by atoms with Crippen LogP contribution in [0.25, 0.3) is 21.8 Å². The summed E-state index contributed by atoms with van der Waals surface area (Å²) >= 11 is 3.59. The van der Waals surface area contributed by atoms with Gasteiger partial charge in [0.15, 0.2) is 6.61 Å². The number of fused-ring (bicyclic) bond motifs is 3. The molecule has 0 saturated heterocycles. The highest BCUT2D eigenvalue weighted by molar-refractivity contribution is 9.10. The summed E-state index contributed by atoms with van der Waals surface area (Å²) in [6.45, 7) is 0.0702. The van der Waals surface area contributed by atoms with Crippen LogP contribution in [0.2, 0.25) is 0 Å². The molecule has 0 atom stereocenters. The number of aliphatic carboxylic acids is 1. The van der Waals surface area contributed by atoms with Crippen molar-refractivity contribution >= 4 is 49.6 Å². The first kappa shape index (κ1) is 19.0. The minimum absolute atomic E-state index is 0.366. The number of hydrogen-bond acceptors (Lipinski definition) is 3. The first-order valence-corrected chi connectivity index (χ1v) is 9.68. The molecular weight excluding hydrogens is 436 g/mol. The number of benzene rings is 3. The highest BCUT2D eigenvalue weighted by Gasteiger charge is 2.20. The van der Waals surface area contributed by atoms with Crippen molar-refractivity contribution in [2.24, 2.45) is 5.73 Å². The number of amides is 1. The number of halogens is 1. The van der Waals surface area contributed by atoms with Crippen LogP contribution in [0.5, 0.6) is 5.75 Å². The Morgan fingerprint density at radius 2 is 1.66 bits per heavy atom. The summed E-state index contributed by atoms with van der Waals surface area (Å²) in [5.74, 6) is -1.23. The van der Waals surface area contributed by atoms with E-state index in [9.17, 15) is 9.59 Å². The number of carboxylic acids is 1. The van der Waals surface area contributed by atoms with E-state index in [1.807, 2.05) is 36.4 Å². The lowest BCUT2D eigenvalue weighted by Crippen LogP contribution is -2.11. The largest absolute Gasteiger partial charge is 0.481 e. The molecule has 0 spiro atoms. The SMILES string of the molecule is NC(=O)c1cccc2c1c1c(OCC(=O)O)cccc1n2Cc1ccccc1Br. The lowest BCUT2D eigenvalue weighted by Gasteiger charge is -2.10. The molecule has 0 saturated carbocycles. The van der Waals surface area contributed by atoms with E-state index in [2.05, 4.69) is 20.5 Å². The van der Waals surface area contributed by atoms with Crippen LogP contribution in [0.3, 0.4) is 0 Å². The van der Waals surface area contributed by atoms with Crippen molar-refractivity contribution in [2.45, 2.75) is 6.54 Å². The maximum atomic E-state index is 12.1. The first-order valence-electron chi connectivity index (χ1n) is 8.89. The molecule has 0 fully saturated rings.